The third kappa shape index (κ3) is 4.09. The van der Waals surface area contributed by atoms with Crippen molar-refractivity contribution in [2.24, 2.45) is 0 Å². The smallest absolute Gasteiger partial charge is 0.344 e. The van der Waals surface area contributed by atoms with E-state index in [1.807, 2.05) is 39.0 Å². The fourth-order valence-corrected chi connectivity index (χ4v) is 5.27. The number of aromatic nitrogens is 1. The van der Waals surface area contributed by atoms with Gasteiger partial charge in [0, 0.05) is 27.8 Å². The van der Waals surface area contributed by atoms with Gasteiger partial charge >= 0.3 is 11.9 Å². The maximum atomic E-state index is 12.5. The first-order valence-corrected chi connectivity index (χ1v) is 12.6. The van der Waals surface area contributed by atoms with E-state index in [1.165, 1.54) is 0 Å². The number of benzene rings is 1. The third-order valence-corrected chi connectivity index (χ3v) is 7.08. The van der Waals surface area contributed by atoms with Crippen molar-refractivity contribution >= 4 is 28.5 Å². The van der Waals surface area contributed by atoms with Gasteiger partial charge in [0.25, 0.3) is 0 Å². The predicted octanol–water partition coefficient (Wildman–Crippen LogP) is 4.20. The summed E-state index contributed by atoms with van der Waals surface area (Å²) in [5.41, 5.74) is 4.33. The normalized spacial score (nSPS) is 20.8. The van der Waals surface area contributed by atoms with E-state index in [4.69, 9.17) is 19.2 Å². The van der Waals surface area contributed by atoms with Gasteiger partial charge in [-0.25, -0.2) is 14.6 Å². The van der Waals surface area contributed by atoms with Gasteiger partial charge in [0.05, 0.1) is 23.5 Å². The van der Waals surface area contributed by atoms with E-state index in [1.54, 1.807) is 13.0 Å². The summed E-state index contributed by atoms with van der Waals surface area (Å²) >= 11 is 0. The lowest BCUT2D eigenvalue weighted by molar-refractivity contribution is -0.162. The number of carbonyl (C=O) groups excluding carboxylic acids is 2. The summed E-state index contributed by atoms with van der Waals surface area (Å²) in [6.45, 7) is 14.1. The zero-order valence-electron chi connectivity index (χ0n) is 21.9. The lowest BCUT2D eigenvalue weighted by atomic mass is 9.82. The summed E-state index contributed by atoms with van der Waals surface area (Å²) in [5, 5.41) is 12.1. The van der Waals surface area contributed by atoms with E-state index in [9.17, 15) is 14.7 Å². The standard InChI is InChI=1S/C29H32N2O6/c1-7-18-19-11-17(35-15-25(32)37-28(4,5)6)9-10-23(19)30-26-20(18)13-31-16(3)21-14-36-27(33)29(34,8-2)22(21)12-24(26)31/h9-12,34H,3,7-8,13-15H2,1-2,4-6H3/t29-/m0/s1. The molecule has 5 rings (SSSR count). The highest BCUT2D eigenvalue weighted by Crippen LogP contribution is 2.47. The highest BCUT2D eigenvalue weighted by atomic mass is 16.6. The Balaban J connectivity index is 1.54. The van der Waals surface area contributed by atoms with Crippen LogP contribution in [0.15, 0.2) is 47.7 Å². The van der Waals surface area contributed by atoms with Gasteiger partial charge in [-0.15, -0.1) is 0 Å². The molecule has 0 saturated heterocycles. The second kappa shape index (κ2) is 8.73. The molecule has 0 amide bonds. The number of ether oxygens (including phenoxy) is 3. The van der Waals surface area contributed by atoms with Crippen molar-refractivity contribution in [2.75, 3.05) is 13.2 Å². The number of fused-ring (bicyclic) bond motifs is 4. The number of pyridine rings is 1. The molecule has 2 aromatic rings. The highest BCUT2D eigenvalue weighted by molar-refractivity contribution is 5.93. The minimum absolute atomic E-state index is 0.0837. The van der Waals surface area contributed by atoms with Crippen molar-refractivity contribution in [2.45, 2.75) is 65.2 Å². The number of hydrogen-bond acceptors (Lipinski definition) is 8. The highest BCUT2D eigenvalue weighted by Gasteiger charge is 2.48. The third-order valence-electron chi connectivity index (χ3n) is 7.08. The van der Waals surface area contributed by atoms with Crippen LogP contribution in [0.3, 0.4) is 0 Å². The summed E-state index contributed by atoms with van der Waals surface area (Å²) in [6, 6.07) is 5.59. The molecule has 0 bridgehead atoms. The second-order valence-corrected chi connectivity index (χ2v) is 10.6. The maximum Gasteiger partial charge on any atom is 0.344 e. The zero-order chi connectivity index (χ0) is 26.7. The lowest BCUT2D eigenvalue weighted by Gasteiger charge is -2.39. The van der Waals surface area contributed by atoms with Crippen molar-refractivity contribution in [3.63, 3.8) is 0 Å². The summed E-state index contributed by atoms with van der Waals surface area (Å²) in [5.74, 6) is -0.497. The molecule has 0 saturated carbocycles. The average molecular weight is 505 g/mol. The van der Waals surface area contributed by atoms with Crippen molar-refractivity contribution in [1.82, 2.24) is 9.88 Å². The number of esters is 2. The fraction of sp³-hybridized carbons (Fsp3) is 0.414. The van der Waals surface area contributed by atoms with Gasteiger partial charge in [0.2, 0.25) is 0 Å². The molecule has 1 aromatic heterocycles. The van der Waals surface area contributed by atoms with Gasteiger partial charge in [-0.1, -0.05) is 20.4 Å². The number of cyclic esters (lactones) is 1. The average Bonchev–Trinajstić information content (AvgIpc) is 3.21. The Hall–Kier alpha value is -3.65. The molecule has 194 valence electrons. The monoisotopic (exact) mass is 504 g/mol. The molecule has 3 aliphatic rings. The van der Waals surface area contributed by atoms with Crippen LogP contribution in [0.1, 0.15) is 57.9 Å². The molecule has 1 atom stereocenters. The Morgan fingerprint density at radius 3 is 2.73 bits per heavy atom. The number of carbonyl (C=O) groups is 2. The van der Waals surface area contributed by atoms with Crippen LogP contribution >= 0.6 is 0 Å². The Labute approximate surface area is 216 Å². The van der Waals surface area contributed by atoms with Gasteiger partial charge in [-0.3, -0.25) is 0 Å². The van der Waals surface area contributed by atoms with E-state index in [2.05, 4.69) is 18.4 Å². The van der Waals surface area contributed by atoms with Gasteiger partial charge in [0.1, 0.15) is 18.0 Å². The van der Waals surface area contributed by atoms with E-state index >= 15 is 0 Å². The largest absolute Gasteiger partial charge is 0.482 e. The molecule has 8 heteroatoms. The van der Waals surface area contributed by atoms with Crippen LogP contribution in [0.5, 0.6) is 5.75 Å². The summed E-state index contributed by atoms with van der Waals surface area (Å²) in [6.07, 6.45) is 2.83. The van der Waals surface area contributed by atoms with Crippen LogP contribution in [-0.2, 0) is 32.0 Å². The Bertz CT molecular complexity index is 1410. The predicted molar refractivity (Wildman–Crippen MR) is 138 cm³/mol. The molecule has 8 nitrogen and oxygen atoms in total. The van der Waals surface area contributed by atoms with Crippen LogP contribution in [0.4, 0.5) is 0 Å². The molecular weight excluding hydrogens is 472 g/mol. The van der Waals surface area contributed by atoms with Crippen LogP contribution in [-0.4, -0.2) is 51.3 Å². The Morgan fingerprint density at radius 2 is 2.05 bits per heavy atom. The number of hydrogen-bond donors (Lipinski definition) is 1. The van der Waals surface area contributed by atoms with Gasteiger partial charge in [0.15, 0.2) is 12.2 Å². The number of nitrogens with zero attached hydrogens (tertiary/aromatic N) is 2. The number of aliphatic hydroxyl groups is 1. The van der Waals surface area contributed by atoms with Gasteiger partial charge in [-0.2, -0.15) is 0 Å². The molecule has 0 aliphatic carbocycles. The van der Waals surface area contributed by atoms with E-state index in [0.717, 1.165) is 45.4 Å². The first kappa shape index (κ1) is 25.0. The van der Waals surface area contributed by atoms with E-state index < -0.39 is 23.1 Å². The molecule has 37 heavy (non-hydrogen) atoms. The first-order valence-electron chi connectivity index (χ1n) is 12.6. The number of aryl methyl sites for hydroxylation is 1. The second-order valence-electron chi connectivity index (χ2n) is 10.6. The molecule has 1 aromatic carbocycles. The topological polar surface area (TPSA) is 98.2 Å². The Kier molecular flexibility index (Phi) is 5.90. The summed E-state index contributed by atoms with van der Waals surface area (Å²) < 4.78 is 16.4. The van der Waals surface area contributed by atoms with Crippen molar-refractivity contribution < 1.29 is 28.9 Å². The van der Waals surface area contributed by atoms with E-state index in [0.29, 0.717) is 23.6 Å². The van der Waals surface area contributed by atoms with Gasteiger partial charge < -0.3 is 24.2 Å². The minimum atomic E-state index is -1.71. The molecule has 0 fully saturated rings. The van der Waals surface area contributed by atoms with Crippen molar-refractivity contribution in [3.8, 4) is 5.75 Å². The molecule has 0 spiro atoms. The van der Waals surface area contributed by atoms with Crippen molar-refractivity contribution in [1.29, 1.82) is 0 Å². The fourth-order valence-electron chi connectivity index (χ4n) is 5.27. The van der Waals surface area contributed by atoms with Crippen LogP contribution < -0.4 is 4.74 Å². The van der Waals surface area contributed by atoms with Gasteiger partial charge in [-0.05, 0) is 63.5 Å². The van der Waals surface area contributed by atoms with Crippen molar-refractivity contribution in [3.05, 3.63) is 64.5 Å². The molecule has 0 unspecified atom stereocenters. The number of rotatable bonds is 5. The Morgan fingerprint density at radius 1 is 1.30 bits per heavy atom. The minimum Gasteiger partial charge on any atom is -0.482 e. The molecule has 3 aliphatic heterocycles. The maximum absolute atomic E-state index is 12.5. The molecular formula is C29H32N2O6. The first-order chi connectivity index (χ1) is 17.5. The summed E-state index contributed by atoms with van der Waals surface area (Å²) in [4.78, 5) is 31.6. The SMILES string of the molecule is C=C1C2=C(C=C3c4nc5ccc(OCC(=O)OC(C)(C)C)cc5c(CC)c4CN13)[C@@](O)(CC)C(=O)OC2. The van der Waals surface area contributed by atoms with Crippen LogP contribution in [0.25, 0.3) is 16.6 Å². The lowest BCUT2D eigenvalue weighted by Crippen LogP contribution is -2.47. The zero-order valence-corrected chi connectivity index (χ0v) is 21.9. The summed E-state index contributed by atoms with van der Waals surface area (Å²) in [7, 11) is 0. The molecule has 0 radical (unpaired) electrons. The molecule has 1 N–H and O–H groups in total. The quantitative estimate of drug-likeness (QED) is 0.605. The van der Waals surface area contributed by atoms with E-state index in [-0.39, 0.29) is 19.6 Å². The van der Waals surface area contributed by atoms with Crippen LogP contribution in [0, 0.1) is 0 Å². The molecule has 4 heterocycles. The van der Waals surface area contributed by atoms with Crippen LogP contribution in [0.2, 0.25) is 0 Å².